The fourth-order valence-electron chi connectivity index (χ4n) is 1.67. The quantitative estimate of drug-likeness (QED) is 0.736. The third-order valence-corrected chi connectivity index (χ3v) is 2.37. The Labute approximate surface area is 86.0 Å². The fraction of sp³-hybridized carbons (Fsp3) is 0.300. The molecule has 0 spiro atoms. The van der Waals surface area contributed by atoms with Crippen molar-refractivity contribution in [2.75, 3.05) is 6.54 Å². The minimum Gasteiger partial charge on any atom is -0.370 e. The monoisotopic (exact) mass is 211 g/mol. The number of nitrogens with zero attached hydrogens (tertiary/aromatic N) is 1. The van der Waals surface area contributed by atoms with Crippen LogP contribution in [-0.4, -0.2) is 12.5 Å². The van der Waals surface area contributed by atoms with E-state index in [1.165, 1.54) is 18.2 Å². The Kier molecular flexibility index (Phi) is 2.53. The number of nitrogens with two attached hydrogens (primary N) is 1. The molecule has 0 amide bonds. The van der Waals surface area contributed by atoms with Crippen LogP contribution in [0.2, 0.25) is 0 Å². The lowest BCUT2D eigenvalue weighted by Crippen LogP contribution is -2.39. The largest absolute Gasteiger partial charge is 0.370 e. The first-order chi connectivity index (χ1) is 7.18. The third kappa shape index (κ3) is 1.91. The Hall–Kier alpha value is -1.65. The summed E-state index contributed by atoms with van der Waals surface area (Å²) < 4.78 is 26.8. The Morgan fingerprint density at radius 3 is 2.60 bits per heavy atom. The average molecular weight is 211 g/mol. The summed E-state index contributed by atoms with van der Waals surface area (Å²) in [5, 5.41) is 2.76. The zero-order valence-corrected chi connectivity index (χ0v) is 8.00. The summed E-state index contributed by atoms with van der Waals surface area (Å²) in [5.74, 6) is -0.877. The van der Waals surface area contributed by atoms with Crippen molar-refractivity contribution in [1.82, 2.24) is 5.32 Å². The molecule has 2 rings (SSSR count). The SMILES string of the molecule is NC1=NCCC(c2c(F)cccc2F)N1. The van der Waals surface area contributed by atoms with E-state index in [0.717, 1.165) is 0 Å². The van der Waals surface area contributed by atoms with Crippen LogP contribution in [0.4, 0.5) is 8.78 Å². The highest BCUT2D eigenvalue weighted by atomic mass is 19.1. The number of guanidine groups is 1. The fourth-order valence-corrected chi connectivity index (χ4v) is 1.67. The Morgan fingerprint density at radius 1 is 1.33 bits per heavy atom. The molecular formula is C10H11F2N3. The second kappa shape index (κ2) is 3.84. The van der Waals surface area contributed by atoms with Crippen LogP contribution in [-0.2, 0) is 0 Å². The van der Waals surface area contributed by atoms with Crippen molar-refractivity contribution >= 4 is 5.96 Å². The molecule has 0 radical (unpaired) electrons. The van der Waals surface area contributed by atoms with Crippen molar-refractivity contribution in [1.29, 1.82) is 0 Å². The van der Waals surface area contributed by atoms with E-state index < -0.39 is 17.7 Å². The topological polar surface area (TPSA) is 50.4 Å². The van der Waals surface area contributed by atoms with Gasteiger partial charge >= 0.3 is 0 Å². The maximum absolute atomic E-state index is 13.4. The molecule has 0 saturated carbocycles. The number of hydrogen-bond acceptors (Lipinski definition) is 3. The van der Waals surface area contributed by atoms with Crippen LogP contribution in [0.1, 0.15) is 18.0 Å². The van der Waals surface area contributed by atoms with Gasteiger partial charge in [-0.3, -0.25) is 4.99 Å². The summed E-state index contributed by atoms with van der Waals surface area (Å²) in [6, 6.07) is 3.39. The molecule has 3 N–H and O–H groups in total. The predicted molar refractivity (Wildman–Crippen MR) is 53.3 cm³/mol. The maximum Gasteiger partial charge on any atom is 0.189 e. The van der Waals surface area contributed by atoms with Crippen LogP contribution in [0.3, 0.4) is 0 Å². The van der Waals surface area contributed by atoms with E-state index in [0.29, 0.717) is 13.0 Å². The zero-order chi connectivity index (χ0) is 10.8. The van der Waals surface area contributed by atoms with Gasteiger partial charge in [0.2, 0.25) is 0 Å². The van der Waals surface area contributed by atoms with Gasteiger partial charge in [0.05, 0.1) is 6.04 Å². The standard InChI is InChI=1S/C10H11F2N3/c11-6-2-1-3-7(12)9(6)8-4-5-14-10(13)15-8/h1-3,8H,4-5H2,(H3,13,14,15). The normalized spacial score (nSPS) is 20.7. The van der Waals surface area contributed by atoms with E-state index in [2.05, 4.69) is 10.3 Å². The van der Waals surface area contributed by atoms with Crippen LogP contribution in [0.5, 0.6) is 0 Å². The van der Waals surface area contributed by atoms with Gasteiger partial charge in [-0.1, -0.05) is 6.07 Å². The summed E-state index contributed by atoms with van der Waals surface area (Å²) in [6.45, 7) is 0.483. The molecule has 80 valence electrons. The Morgan fingerprint density at radius 2 is 2.00 bits per heavy atom. The van der Waals surface area contributed by atoms with Crippen molar-refractivity contribution in [3.8, 4) is 0 Å². The molecule has 1 unspecified atom stereocenters. The van der Waals surface area contributed by atoms with E-state index in [-0.39, 0.29) is 11.5 Å². The first-order valence-corrected chi connectivity index (χ1v) is 4.69. The van der Waals surface area contributed by atoms with Crippen molar-refractivity contribution in [2.45, 2.75) is 12.5 Å². The minimum atomic E-state index is -0.554. The van der Waals surface area contributed by atoms with Crippen LogP contribution in [0, 0.1) is 11.6 Å². The van der Waals surface area contributed by atoms with Gasteiger partial charge in [0.15, 0.2) is 5.96 Å². The average Bonchev–Trinajstić information content (AvgIpc) is 2.17. The number of rotatable bonds is 1. The minimum absolute atomic E-state index is 0.0374. The van der Waals surface area contributed by atoms with Gasteiger partial charge in [-0.05, 0) is 18.6 Å². The lowest BCUT2D eigenvalue weighted by Gasteiger charge is -2.23. The first kappa shape index (κ1) is 9.89. The highest BCUT2D eigenvalue weighted by Gasteiger charge is 2.22. The second-order valence-corrected chi connectivity index (χ2v) is 3.39. The summed E-state index contributed by atoms with van der Waals surface area (Å²) >= 11 is 0. The number of nitrogens with one attached hydrogen (secondary N) is 1. The zero-order valence-electron chi connectivity index (χ0n) is 8.00. The van der Waals surface area contributed by atoms with E-state index in [9.17, 15) is 8.78 Å². The van der Waals surface area contributed by atoms with Crippen molar-refractivity contribution in [3.05, 3.63) is 35.4 Å². The molecule has 15 heavy (non-hydrogen) atoms. The highest BCUT2D eigenvalue weighted by molar-refractivity contribution is 5.78. The molecule has 0 bridgehead atoms. The van der Waals surface area contributed by atoms with Gasteiger partial charge in [-0.25, -0.2) is 8.78 Å². The highest BCUT2D eigenvalue weighted by Crippen LogP contribution is 2.24. The van der Waals surface area contributed by atoms with E-state index in [1.807, 2.05) is 0 Å². The van der Waals surface area contributed by atoms with Gasteiger partial charge in [0.1, 0.15) is 11.6 Å². The van der Waals surface area contributed by atoms with Crippen molar-refractivity contribution in [3.63, 3.8) is 0 Å². The molecule has 1 heterocycles. The molecule has 0 saturated heterocycles. The number of benzene rings is 1. The first-order valence-electron chi connectivity index (χ1n) is 4.69. The van der Waals surface area contributed by atoms with Gasteiger partial charge in [0.25, 0.3) is 0 Å². The molecule has 0 fully saturated rings. The third-order valence-electron chi connectivity index (χ3n) is 2.37. The number of aliphatic imine (C=N–C) groups is 1. The van der Waals surface area contributed by atoms with E-state index in [1.54, 1.807) is 0 Å². The molecule has 1 aromatic rings. The summed E-state index contributed by atoms with van der Waals surface area (Å²) in [7, 11) is 0. The van der Waals surface area contributed by atoms with Crippen LogP contribution >= 0.6 is 0 Å². The lowest BCUT2D eigenvalue weighted by atomic mass is 10.0. The molecule has 1 aliphatic rings. The molecule has 5 heteroatoms. The van der Waals surface area contributed by atoms with Crippen LogP contribution in [0.25, 0.3) is 0 Å². The summed E-state index contributed by atoms with van der Waals surface area (Å²) in [4.78, 5) is 3.90. The van der Waals surface area contributed by atoms with Gasteiger partial charge in [-0.15, -0.1) is 0 Å². The molecule has 0 aromatic heterocycles. The summed E-state index contributed by atoms with van der Waals surface area (Å²) in [5.41, 5.74) is 5.49. The van der Waals surface area contributed by atoms with Gasteiger partial charge < -0.3 is 11.1 Å². The molecule has 1 atom stereocenters. The molecule has 0 aliphatic carbocycles. The number of hydrogen-bond donors (Lipinski definition) is 2. The summed E-state index contributed by atoms with van der Waals surface area (Å²) in [6.07, 6.45) is 0.540. The number of halogens is 2. The van der Waals surface area contributed by atoms with Crippen molar-refractivity contribution < 1.29 is 8.78 Å². The second-order valence-electron chi connectivity index (χ2n) is 3.39. The molecule has 1 aromatic carbocycles. The lowest BCUT2D eigenvalue weighted by molar-refractivity contribution is 0.482. The van der Waals surface area contributed by atoms with E-state index in [4.69, 9.17) is 5.73 Å². The Balaban J connectivity index is 2.33. The van der Waals surface area contributed by atoms with E-state index >= 15 is 0 Å². The van der Waals surface area contributed by atoms with Crippen molar-refractivity contribution in [2.24, 2.45) is 10.7 Å². The smallest absolute Gasteiger partial charge is 0.189 e. The molecule has 3 nitrogen and oxygen atoms in total. The molecular weight excluding hydrogens is 200 g/mol. The maximum atomic E-state index is 13.4. The van der Waals surface area contributed by atoms with Gasteiger partial charge in [0, 0.05) is 12.1 Å². The van der Waals surface area contributed by atoms with Crippen LogP contribution in [0.15, 0.2) is 23.2 Å². The van der Waals surface area contributed by atoms with Crippen LogP contribution < -0.4 is 11.1 Å². The predicted octanol–water partition coefficient (Wildman–Crippen LogP) is 1.31. The molecule has 1 aliphatic heterocycles. The Bertz CT molecular complexity index is 383. The van der Waals surface area contributed by atoms with Gasteiger partial charge in [-0.2, -0.15) is 0 Å².